The van der Waals surface area contributed by atoms with E-state index < -0.39 is 17.9 Å². The summed E-state index contributed by atoms with van der Waals surface area (Å²) in [5.41, 5.74) is 0.497. The number of rotatable bonds is 17. The average Bonchev–Trinajstić information content (AvgIpc) is 2.97. The van der Waals surface area contributed by atoms with Crippen LogP contribution in [0.1, 0.15) is 102 Å². The summed E-state index contributed by atoms with van der Waals surface area (Å²) in [4.78, 5) is 35.9. The Labute approximate surface area is 236 Å². The van der Waals surface area contributed by atoms with Gasteiger partial charge in [0.2, 0.25) is 0 Å². The van der Waals surface area contributed by atoms with Gasteiger partial charge in [-0.3, -0.25) is 0 Å². The molecule has 212 valence electrons. The van der Waals surface area contributed by atoms with Crippen LogP contribution < -0.4 is 14.2 Å². The lowest BCUT2D eigenvalue weighted by atomic mass is 10.1. The number of carbonyl (C=O) groups excluding carboxylic acids is 2. The number of carboxylic acid groups (broad SMARTS) is 1. The Balaban J connectivity index is 1.36. The molecule has 0 aliphatic carbocycles. The molecule has 0 unspecified atom stereocenters. The predicted molar refractivity (Wildman–Crippen MR) is 154 cm³/mol. The maximum atomic E-state index is 12.5. The molecule has 40 heavy (non-hydrogen) atoms. The van der Waals surface area contributed by atoms with Gasteiger partial charge in [-0.15, -0.1) is 0 Å². The van der Waals surface area contributed by atoms with Crippen LogP contribution >= 0.6 is 0 Å². The summed E-state index contributed by atoms with van der Waals surface area (Å²) >= 11 is 0. The first-order chi connectivity index (χ1) is 19.5. The number of unbranched alkanes of at least 4 members (excludes halogenated alkanes) is 9. The van der Waals surface area contributed by atoms with Crippen molar-refractivity contribution in [1.82, 2.24) is 0 Å². The number of ether oxygens (including phenoxy) is 3. The average molecular weight is 547 g/mol. The largest absolute Gasteiger partial charge is 0.494 e. The minimum absolute atomic E-state index is 0.00890. The molecule has 3 aromatic rings. The summed E-state index contributed by atoms with van der Waals surface area (Å²) in [6.45, 7) is 2.90. The first-order valence-corrected chi connectivity index (χ1v) is 14.1. The Bertz CT molecular complexity index is 1220. The molecule has 7 nitrogen and oxygen atoms in total. The molecular weight excluding hydrogens is 508 g/mol. The van der Waals surface area contributed by atoms with Gasteiger partial charge in [0, 0.05) is 0 Å². The van der Waals surface area contributed by atoms with Gasteiger partial charge in [-0.25, -0.2) is 14.4 Å². The number of carbonyl (C=O) groups is 3. The Morgan fingerprint density at radius 1 is 0.575 bits per heavy atom. The lowest BCUT2D eigenvalue weighted by Gasteiger charge is -2.09. The molecule has 0 spiro atoms. The van der Waals surface area contributed by atoms with E-state index in [1.54, 1.807) is 24.3 Å². The van der Waals surface area contributed by atoms with E-state index in [1.807, 2.05) is 0 Å². The fourth-order valence-corrected chi connectivity index (χ4v) is 4.15. The maximum absolute atomic E-state index is 12.5. The van der Waals surface area contributed by atoms with Gasteiger partial charge in [0.05, 0.1) is 23.3 Å². The summed E-state index contributed by atoms with van der Waals surface area (Å²) in [6.07, 6.45) is 12.7. The van der Waals surface area contributed by atoms with E-state index in [0.717, 1.165) is 12.8 Å². The van der Waals surface area contributed by atoms with Crippen molar-refractivity contribution in [2.45, 2.75) is 71.1 Å². The van der Waals surface area contributed by atoms with Crippen LogP contribution in [0.25, 0.3) is 0 Å². The van der Waals surface area contributed by atoms with Gasteiger partial charge < -0.3 is 19.3 Å². The van der Waals surface area contributed by atoms with Crippen molar-refractivity contribution in [1.29, 1.82) is 0 Å². The van der Waals surface area contributed by atoms with Crippen LogP contribution in [0.2, 0.25) is 0 Å². The summed E-state index contributed by atoms with van der Waals surface area (Å²) in [6, 6.07) is 18.4. The Kier molecular flexibility index (Phi) is 12.7. The van der Waals surface area contributed by atoms with Crippen LogP contribution in [0.5, 0.6) is 17.2 Å². The van der Waals surface area contributed by atoms with Crippen LogP contribution in [0.3, 0.4) is 0 Å². The number of benzene rings is 3. The molecule has 3 rings (SSSR count). The maximum Gasteiger partial charge on any atom is 0.343 e. The summed E-state index contributed by atoms with van der Waals surface area (Å²) < 4.78 is 16.5. The highest BCUT2D eigenvalue weighted by atomic mass is 16.5. The van der Waals surface area contributed by atoms with Crippen molar-refractivity contribution >= 4 is 17.9 Å². The van der Waals surface area contributed by atoms with Crippen molar-refractivity contribution in [3.8, 4) is 17.2 Å². The van der Waals surface area contributed by atoms with Gasteiger partial charge in [-0.2, -0.15) is 0 Å². The topological polar surface area (TPSA) is 99.1 Å². The summed E-state index contributed by atoms with van der Waals surface area (Å²) in [7, 11) is 0. The van der Waals surface area contributed by atoms with Crippen molar-refractivity contribution in [3.63, 3.8) is 0 Å². The fourth-order valence-electron chi connectivity index (χ4n) is 4.15. The third kappa shape index (κ3) is 10.6. The van der Waals surface area contributed by atoms with Crippen LogP contribution in [0, 0.1) is 0 Å². The molecule has 0 saturated heterocycles. The first kappa shape index (κ1) is 30.4. The molecule has 3 aromatic carbocycles. The molecular formula is C33H38O7. The molecule has 1 N–H and O–H groups in total. The lowest BCUT2D eigenvalue weighted by Crippen LogP contribution is -2.10. The zero-order valence-electron chi connectivity index (χ0n) is 23.1. The number of aromatic carboxylic acids is 1. The molecule has 0 atom stereocenters. The molecule has 0 bridgehead atoms. The SMILES string of the molecule is CCCCCCCCCCCCOc1ccc(C(=O)Oc2ccc(OC(=O)c3cccc(C(=O)O)c3)cc2)cc1. The highest BCUT2D eigenvalue weighted by Gasteiger charge is 2.13. The number of hydrogen-bond donors (Lipinski definition) is 1. The Hall–Kier alpha value is -4.13. The zero-order chi connectivity index (χ0) is 28.6. The molecule has 0 aliphatic heterocycles. The van der Waals surface area contributed by atoms with Crippen LogP contribution in [0.4, 0.5) is 0 Å². The molecule has 0 saturated carbocycles. The molecule has 0 aromatic heterocycles. The Morgan fingerprint density at radius 3 is 1.60 bits per heavy atom. The monoisotopic (exact) mass is 546 g/mol. The summed E-state index contributed by atoms with van der Waals surface area (Å²) in [5, 5.41) is 9.08. The summed E-state index contributed by atoms with van der Waals surface area (Å²) in [5.74, 6) is -1.10. The van der Waals surface area contributed by atoms with E-state index in [0.29, 0.717) is 23.7 Å². The zero-order valence-corrected chi connectivity index (χ0v) is 23.1. The van der Waals surface area contributed by atoms with E-state index in [1.165, 1.54) is 99.9 Å². The van der Waals surface area contributed by atoms with Crippen LogP contribution in [-0.2, 0) is 0 Å². The highest BCUT2D eigenvalue weighted by molar-refractivity contribution is 5.95. The molecule has 0 amide bonds. The predicted octanol–water partition coefficient (Wildman–Crippen LogP) is 8.12. The third-order valence-electron chi connectivity index (χ3n) is 6.45. The van der Waals surface area contributed by atoms with Crippen molar-refractivity contribution < 1.29 is 33.7 Å². The van der Waals surface area contributed by atoms with Gasteiger partial charge in [0.15, 0.2) is 0 Å². The van der Waals surface area contributed by atoms with Crippen LogP contribution in [-0.4, -0.2) is 29.6 Å². The van der Waals surface area contributed by atoms with Gasteiger partial charge in [-0.1, -0.05) is 70.8 Å². The van der Waals surface area contributed by atoms with Gasteiger partial charge in [0.1, 0.15) is 17.2 Å². The van der Waals surface area contributed by atoms with E-state index in [2.05, 4.69) is 6.92 Å². The molecule has 0 fully saturated rings. The van der Waals surface area contributed by atoms with E-state index in [4.69, 9.17) is 19.3 Å². The van der Waals surface area contributed by atoms with Crippen molar-refractivity contribution in [2.75, 3.05) is 6.61 Å². The molecule has 0 heterocycles. The van der Waals surface area contributed by atoms with Crippen molar-refractivity contribution in [3.05, 3.63) is 89.5 Å². The standard InChI is InChI=1S/C33H38O7/c1-2-3-4-5-6-7-8-9-10-11-23-38-28-17-15-25(16-18-28)32(36)39-29-19-21-30(22-20-29)40-33(37)27-14-12-13-26(24-27)31(34)35/h12-22,24H,2-11,23H2,1H3,(H,34,35). The van der Waals surface area contributed by atoms with Crippen LogP contribution in [0.15, 0.2) is 72.8 Å². The molecule has 0 radical (unpaired) electrons. The normalized spacial score (nSPS) is 10.6. The van der Waals surface area contributed by atoms with Gasteiger partial charge in [0.25, 0.3) is 0 Å². The smallest absolute Gasteiger partial charge is 0.343 e. The fraction of sp³-hybridized carbons (Fsp3) is 0.364. The minimum Gasteiger partial charge on any atom is -0.494 e. The quantitative estimate of drug-likeness (QED) is 0.104. The van der Waals surface area contributed by atoms with Gasteiger partial charge in [-0.05, 0) is 73.2 Å². The highest BCUT2D eigenvalue weighted by Crippen LogP contribution is 2.21. The number of carboxylic acids is 1. The second kappa shape index (κ2) is 16.7. The Morgan fingerprint density at radius 2 is 1.05 bits per heavy atom. The second-order valence-electron chi connectivity index (χ2n) is 9.69. The van der Waals surface area contributed by atoms with E-state index in [-0.39, 0.29) is 16.9 Å². The first-order valence-electron chi connectivity index (χ1n) is 14.1. The van der Waals surface area contributed by atoms with Gasteiger partial charge >= 0.3 is 17.9 Å². The van der Waals surface area contributed by atoms with E-state index >= 15 is 0 Å². The second-order valence-corrected chi connectivity index (χ2v) is 9.69. The number of hydrogen-bond acceptors (Lipinski definition) is 6. The third-order valence-corrected chi connectivity index (χ3v) is 6.45. The number of esters is 2. The minimum atomic E-state index is -1.13. The molecule has 0 aliphatic rings. The molecule has 7 heteroatoms. The van der Waals surface area contributed by atoms with E-state index in [9.17, 15) is 14.4 Å². The van der Waals surface area contributed by atoms with Crippen molar-refractivity contribution in [2.24, 2.45) is 0 Å². The lowest BCUT2D eigenvalue weighted by molar-refractivity contribution is 0.0694.